The zero-order chi connectivity index (χ0) is 12.9. The number of nitrogens with one attached hydrogen (secondary N) is 1. The maximum absolute atomic E-state index is 11.5. The molecule has 96 valence electrons. The maximum atomic E-state index is 11.5. The smallest absolute Gasteiger partial charge is 0.407 e. The number of alkyl carbamates (subject to hydrolysis) is 1. The number of carbonyl (C=O) groups is 1. The van der Waals surface area contributed by atoms with Crippen molar-refractivity contribution < 1.29 is 14.6 Å². The van der Waals surface area contributed by atoms with Gasteiger partial charge in [0.1, 0.15) is 5.60 Å². The van der Waals surface area contributed by atoms with E-state index in [2.05, 4.69) is 5.32 Å². The van der Waals surface area contributed by atoms with Crippen molar-refractivity contribution in [3.63, 3.8) is 0 Å². The summed E-state index contributed by atoms with van der Waals surface area (Å²) in [5, 5.41) is 12.1. The summed E-state index contributed by atoms with van der Waals surface area (Å²) in [7, 11) is 0. The van der Waals surface area contributed by atoms with Gasteiger partial charge in [-0.05, 0) is 40.0 Å². The summed E-state index contributed by atoms with van der Waals surface area (Å²) in [6, 6.07) is -0.0603. The number of aliphatic hydroxyl groups excluding tert-OH is 1. The third-order valence-corrected chi connectivity index (χ3v) is 2.10. The van der Waals surface area contributed by atoms with E-state index in [1.165, 1.54) is 0 Å². The third-order valence-electron chi connectivity index (χ3n) is 2.10. The lowest BCUT2D eigenvalue weighted by Crippen LogP contribution is -2.43. The zero-order valence-electron chi connectivity index (χ0n) is 11.2. The second kappa shape index (κ2) is 6.09. The molecule has 0 heterocycles. The standard InChI is InChI=1S/C12H25NO3/c1-8(2)10(7-9(3)14)13-11(15)16-12(4,5)6/h8-10,14H,7H2,1-6H3,(H,13,15)/t9-,10+/m1/s1. The van der Waals surface area contributed by atoms with Gasteiger partial charge in [0.25, 0.3) is 0 Å². The highest BCUT2D eigenvalue weighted by Gasteiger charge is 2.22. The van der Waals surface area contributed by atoms with Crippen LogP contribution >= 0.6 is 0 Å². The molecule has 0 aliphatic heterocycles. The normalized spacial score (nSPS) is 15.8. The van der Waals surface area contributed by atoms with Gasteiger partial charge in [0.15, 0.2) is 0 Å². The highest BCUT2D eigenvalue weighted by Crippen LogP contribution is 2.11. The van der Waals surface area contributed by atoms with Crippen molar-refractivity contribution >= 4 is 6.09 Å². The number of carbonyl (C=O) groups excluding carboxylic acids is 1. The average molecular weight is 231 g/mol. The van der Waals surface area contributed by atoms with E-state index >= 15 is 0 Å². The fraction of sp³-hybridized carbons (Fsp3) is 0.917. The average Bonchev–Trinajstić information content (AvgIpc) is 1.97. The number of ether oxygens (including phenoxy) is 1. The molecule has 0 aliphatic carbocycles. The molecule has 0 fully saturated rings. The molecule has 0 rings (SSSR count). The predicted octanol–water partition coefficient (Wildman–Crippen LogP) is 2.31. The molecule has 0 saturated carbocycles. The van der Waals surface area contributed by atoms with Crippen LogP contribution in [0.3, 0.4) is 0 Å². The van der Waals surface area contributed by atoms with Crippen LogP contribution in [-0.4, -0.2) is 28.9 Å². The molecule has 1 amide bonds. The number of hydrogen-bond donors (Lipinski definition) is 2. The van der Waals surface area contributed by atoms with E-state index < -0.39 is 17.8 Å². The Morgan fingerprint density at radius 1 is 1.31 bits per heavy atom. The fourth-order valence-electron chi connectivity index (χ4n) is 1.32. The van der Waals surface area contributed by atoms with Gasteiger partial charge in [-0.1, -0.05) is 13.8 Å². The monoisotopic (exact) mass is 231 g/mol. The first-order valence-electron chi connectivity index (χ1n) is 5.79. The molecule has 0 radical (unpaired) electrons. The van der Waals surface area contributed by atoms with Gasteiger partial charge < -0.3 is 15.2 Å². The Labute approximate surface area is 98.4 Å². The Morgan fingerprint density at radius 2 is 1.81 bits per heavy atom. The van der Waals surface area contributed by atoms with Crippen molar-refractivity contribution in [3.05, 3.63) is 0 Å². The fourth-order valence-corrected chi connectivity index (χ4v) is 1.32. The molecule has 0 spiro atoms. The zero-order valence-corrected chi connectivity index (χ0v) is 11.2. The lowest BCUT2D eigenvalue weighted by atomic mass is 9.99. The topological polar surface area (TPSA) is 58.6 Å². The quantitative estimate of drug-likeness (QED) is 0.780. The molecule has 2 N–H and O–H groups in total. The van der Waals surface area contributed by atoms with E-state index in [9.17, 15) is 9.90 Å². The van der Waals surface area contributed by atoms with Gasteiger partial charge in [0, 0.05) is 6.04 Å². The van der Waals surface area contributed by atoms with Crippen LogP contribution < -0.4 is 5.32 Å². The van der Waals surface area contributed by atoms with Crippen LogP contribution in [-0.2, 0) is 4.74 Å². The largest absolute Gasteiger partial charge is 0.444 e. The molecule has 4 heteroatoms. The minimum absolute atomic E-state index is 0.0603. The summed E-state index contributed by atoms with van der Waals surface area (Å²) >= 11 is 0. The summed E-state index contributed by atoms with van der Waals surface area (Å²) < 4.78 is 5.17. The Balaban J connectivity index is 4.24. The molecule has 0 aromatic rings. The van der Waals surface area contributed by atoms with E-state index in [1.54, 1.807) is 6.92 Å². The molecule has 0 aliphatic rings. The van der Waals surface area contributed by atoms with Gasteiger partial charge in [-0.25, -0.2) is 4.79 Å². The van der Waals surface area contributed by atoms with E-state index in [4.69, 9.17) is 4.74 Å². The molecule has 0 bridgehead atoms. The predicted molar refractivity (Wildman–Crippen MR) is 64.3 cm³/mol. The first-order chi connectivity index (χ1) is 7.11. The van der Waals surface area contributed by atoms with Gasteiger partial charge in [0.2, 0.25) is 0 Å². The van der Waals surface area contributed by atoms with E-state index in [0.29, 0.717) is 6.42 Å². The van der Waals surface area contributed by atoms with Crippen molar-refractivity contribution in [2.75, 3.05) is 0 Å². The van der Waals surface area contributed by atoms with Crippen LogP contribution in [0.5, 0.6) is 0 Å². The van der Waals surface area contributed by atoms with Gasteiger partial charge in [0.05, 0.1) is 6.10 Å². The highest BCUT2D eigenvalue weighted by atomic mass is 16.6. The third kappa shape index (κ3) is 7.51. The van der Waals surface area contributed by atoms with Gasteiger partial charge in [-0.2, -0.15) is 0 Å². The Hall–Kier alpha value is -0.770. The first kappa shape index (κ1) is 15.2. The maximum Gasteiger partial charge on any atom is 0.407 e. The number of hydrogen-bond acceptors (Lipinski definition) is 3. The lowest BCUT2D eigenvalue weighted by molar-refractivity contribution is 0.0467. The van der Waals surface area contributed by atoms with E-state index in [0.717, 1.165) is 0 Å². The molecule has 4 nitrogen and oxygen atoms in total. The van der Waals surface area contributed by atoms with Crippen LogP contribution in [0, 0.1) is 5.92 Å². The Kier molecular flexibility index (Phi) is 5.79. The molecule has 0 aromatic carbocycles. The van der Waals surface area contributed by atoms with E-state index in [1.807, 2.05) is 34.6 Å². The van der Waals surface area contributed by atoms with Crippen LogP contribution in [0.1, 0.15) is 48.0 Å². The van der Waals surface area contributed by atoms with Crippen molar-refractivity contribution in [2.45, 2.75) is 65.7 Å². The minimum Gasteiger partial charge on any atom is -0.444 e. The van der Waals surface area contributed by atoms with Gasteiger partial charge >= 0.3 is 6.09 Å². The second-order valence-corrected chi connectivity index (χ2v) is 5.58. The van der Waals surface area contributed by atoms with Gasteiger partial charge in [-0.3, -0.25) is 0 Å². The van der Waals surface area contributed by atoms with Crippen LogP contribution in [0.4, 0.5) is 4.79 Å². The summed E-state index contributed by atoms with van der Waals surface area (Å²) in [5.74, 6) is 0.266. The highest BCUT2D eigenvalue weighted by molar-refractivity contribution is 5.68. The number of amides is 1. The SMILES string of the molecule is CC(C)[C@H](C[C@@H](C)O)NC(=O)OC(C)(C)C. The summed E-state index contributed by atoms with van der Waals surface area (Å²) in [4.78, 5) is 11.5. The lowest BCUT2D eigenvalue weighted by Gasteiger charge is -2.26. The van der Waals surface area contributed by atoms with Crippen molar-refractivity contribution in [1.29, 1.82) is 0 Å². The molecular formula is C12H25NO3. The molecule has 0 aromatic heterocycles. The molecule has 0 unspecified atom stereocenters. The molecule has 2 atom stereocenters. The molecule has 0 saturated heterocycles. The van der Waals surface area contributed by atoms with Crippen LogP contribution in [0.2, 0.25) is 0 Å². The van der Waals surface area contributed by atoms with Gasteiger partial charge in [-0.15, -0.1) is 0 Å². The van der Waals surface area contributed by atoms with E-state index in [-0.39, 0.29) is 12.0 Å². The van der Waals surface area contributed by atoms with Crippen molar-refractivity contribution in [1.82, 2.24) is 5.32 Å². The number of aliphatic hydroxyl groups is 1. The molecular weight excluding hydrogens is 206 g/mol. The first-order valence-corrected chi connectivity index (χ1v) is 5.79. The summed E-state index contributed by atoms with van der Waals surface area (Å²) in [5.41, 5.74) is -0.490. The summed E-state index contributed by atoms with van der Waals surface area (Å²) in [6.07, 6.45) is -0.314. The van der Waals surface area contributed by atoms with Crippen molar-refractivity contribution in [2.24, 2.45) is 5.92 Å². The van der Waals surface area contributed by atoms with Crippen LogP contribution in [0.15, 0.2) is 0 Å². The summed E-state index contributed by atoms with van der Waals surface area (Å²) in [6.45, 7) is 11.2. The number of rotatable bonds is 4. The second-order valence-electron chi connectivity index (χ2n) is 5.58. The Morgan fingerprint density at radius 3 is 2.12 bits per heavy atom. The molecule has 16 heavy (non-hydrogen) atoms. The van der Waals surface area contributed by atoms with Crippen molar-refractivity contribution in [3.8, 4) is 0 Å². The minimum atomic E-state index is -0.490. The Bertz CT molecular complexity index is 219. The van der Waals surface area contributed by atoms with Crippen LogP contribution in [0.25, 0.3) is 0 Å².